The van der Waals surface area contributed by atoms with Crippen LogP contribution in [-0.4, -0.2) is 13.9 Å². The zero-order valence-corrected chi connectivity index (χ0v) is 20.2. The highest BCUT2D eigenvalue weighted by Crippen LogP contribution is 2.44. The van der Waals surface area contributed by atoms with Crippen molar-refractivity contribution in [2.75, 3.05) is 13.9 Å². The van der Waals surface area contributed by atoms with Gasteiger partial charge in [0.25, 0.3) is 0 Å². The van der Waals surface area contributed by atoms with Gasteiger partial charge in [-0.15, -0.1) is 0 Å². The fourth-order valence-corrected chi connectivity index (χ4v) is 5.13. The highest BCUT2D eigenvalue weighted by atomic mass is 16.7. The molecule has 32 heavy (non-hydrogen) atoms. The summed E-state index contributed by atoms with van der Waals surface area (Å²) in [5.41, 5.74) is 3.94. The molecule has 0 bridgehead atoms. The third kappa shape index (κ3) is 4.52. The van der Waals surface area contributed by atoms with E-state index in [1.54, 1.807) is 7.11 Å². The van der Waals surface area contributed by atoms with E-state index in [-0.39, 0.29) is 17.6 Å². The third-order valence-electron chi connectivity index (χ3n) is 6.11. The molecule has 4 rings (SSSR count). The number of ether oxygens (including phenoxy) is 2. The first kappa shape index (κ1) is 22.4. The molecule has 0 aliphatic rings. The number of hydrogen-bond donors (Lipinski definition) is 0. The molecule has 0 spiro atoms. The Morgan fingerprint density at radius 2 is 1.31 bits per heavy atom. The zero-order valence-electron chi connectivity index (χ0n) is 20.2. The van der Waals surface area contributed by atoms with Crippen molar-refractivity contribution in [3.63, 3.8) is 0 Å². The van der Waals surface area contributed by atoms with Crippen LogP contribution in [0.3, 0.4) is 0 Å². The third-order valence-corrected chi connectivity index (χ3v) is 6.11. The quantitative estimate of drug-likeness (QED) is 0.228. The molecule has 4 aromatic carbocycles. The minimum Gasteiger partial charge on any atom is -0.467 e. The number of methoxy groups -OCH3 is 1. The fourth-order valence-electron chi connectivity index (χ4n) is 5.13. The van der Waals surface area contributed by atoms with Crippen LogP contribution in [0.1, 0.15) is 46.6 Å². The van der Waals surface area contributed by atoms with Crippen molar-refractivity contribution >= 4 is 21.5 Å². The van der Waals surface area contributed by atoms with Gasteiger partial charge in [0.1, 0.15) is 5.75 Å². The molecular weight excluding hydrogens is 392 g/mol. The van der Waals surface area contributed by atoms with E-state index in [0.717, 1.165) is 17.7 Å². The van der Waals surface area contributed by atoms with Gasteiger partial charge in [0.05, 0.1) is 0 Å². The SMILES string of the molecule is COCOc1ccc(C(C)(C)CC(C)(C)C)cc1-c1c2ccccc2cc2ccccc12. The highest BCUT2D eigenvalue weighted by molar-refractivity contribution is 6.13. The Labute approximate surface area is 192 Å². The first-order chi connectivity index (χ1) is 15.2. The van der Waals surface area contributed by atoms with Crippen LogP contribution in [-0.2, 0) is 10.2 Å². The van der Waals surface area contributed by atoms with Crippen molar-refractivity contribution in [1.82, 2.24) is 0 Å². The maximum Gasteiger partial charge on any atom is 0.188 e. The molecule has 0 aliphatic heterocycles. The Hall–Kier alpha value is -2.84. The molecule has 0 saturated carbocycles. The van der Waals surface area contributed by atoms with E-state index in [1.165, 1.54) is 32.7 Å². The minimum atomic E-state index is 0.0349. The van der Waals surface area contributed by atoms with Gasteiger partial charge in [-0.05, 0) is 62.6 Å². The average Bonchev–Trinajstić information content (AvgIpc) is 2.74. The van der Waals surface area contributed by atoms with Gasteiger partial charge in [0, 0.05) is 18.2 Å². The van der Waals surface area contributed by atoms with Crippen LogP contribution in [0.2, 0.25) is 0 Å². The molecule has 0 aliphatic carbocycles. The Kier molecular flexibility index (Phi) is 6.01. The molecule has 2 heteroatoms. The number of hydrogen-bond acceptors (Lipinski definition) is 2. The van der Waals surface area contributed by atoms with Gasteiger partial charge in [0.2, 0.25) is 0 Å². The molecule has 0 heterocycles. The van der Waals surface area contributed by atoms with Crippen LogP contribution in [0.5, 0.6) is 5.75 Å². The fraction of sp³-hybridized carbons (Fsp3) is 0.333. The lowest BCUT2D eigenvalue weighted by molar-refractivity contribution is 0.0515. The summed E-state index contributed by atoms with van der Waals surface area (Å²) >= 11 is 0. The van der Waals surface area contributed by atoms with Gasteiger partial charge in [-0.25, -0.2) is 0 Å². The van der Waals surface area contributed by atoms with Crippen LogP contribution in [0.15, 0.2) is 72.8 Å². The summed E-state index contributed by atoms with van der Waals surface area (Å²) in [6.07, 6.45) is 1.09. The van der Waals surface area contributed by atoms with Crippen molar-refractivity contribution in [2.24, 2.45) is 5.41 Å². The minimum absolute atomic E-state index is 0.0349. The van der Waals surface area contributed by atoms with Gasteiger partial charge in [-0.2, -0.15) is 0 Å². The molecule has 0 saturated heterocycles. The molecule has 0 atom stereocenters. The van der Waals surface area contributed by atoms with Crippen molar-refractivity contribution in [3.05, 3.63) is 78.4 Å². The first-order valence-electron chi connectivity index (χ1n) is 11.4. The number of benzene rings is 4. The zero-order chi connectivity index (χ0) is 22.9. The molecule has 0 radical (unpaired) electrons. The molecule has 0 aromatic heterocycles. The standard InChI is InChI=1S/C30H34O2/c1-29(2,3)19-30(4,5)23-15-16-27(32-20-31-6)26(18-23)28-24-13-9-7-11-21(24)17-22-12-8-10-14-25(22)28/h7-18H,19-20H2,1-6H3. The Bertz CT molecular complexity index is 1190. The van der Waals surface area contributed by atoms with E-state index in [0.29, 0.717) is 0 Å². The van der Waals surface area contributed by atoms with Crippen LogP contribution < -0.4 is 4.74 Å². The molecule has 0 unspecified atom stereocenters. The largest absolute Gasteiger partial charge is 0.467 e. The van der Waals surface area contributed by atoms with E-state index in [4.69, 9.17) is 9.47 Å². The van der Waals surface area contributed by atoms with E-state index in [2.05, 4.69) is 107 Å². The maximum atomic E-state index is 6.08. The predicted molar refractivity (Wildman–Crippen MR) is 136 cm³/mol. The monoisotopic (exact) mass is 426 g/mol. The van der Waals surface area contributed by atoms with Gasteiger partial charge >= 0.3 is 0 Å². The normalized spacial score (nSPS) is 12.4. The number of rotatable bonds is 6. The smallest absolute Gasteiger partial charge is 0.188 e. The lowest BCUT2D eigenvalue weighted by atomic mass is 9.72. The highest BCUT2D eigenvalue weighted by Gasteiger charge is 2.28. The first-order valence-corrected chi connectivity index (χ1v) is 11.4. The molecule has 0 amide bonds. The van der Waals surface area contributed by atoms with Crippen molar-refractivity contribution in [3.8, 4) is 16.9 Å². The molecular formula is C30H34O2. The van der Waals surface area contributed by atoms with Crippen molar-refractivity contribution < 1.29 is 9.47 Å². The molecule has 0 N–H and O–H groups in total. The predicted octanol–water partition coefficient (Wildman–Crippen LogP) is 8.36. The van der Waals surface area contributed by atoms with E-state index in [9.17, 15) is 0 Å². The van der Waals surface area contributed by atoms with Crippen molar-refractivity contribution in [1.29, 1.82) is 0 Å². The Balaban J connectivity index is 2.02. The maximum absolute atomic E-state index is 6.08. The van der Waals surface area contributed by atoms with Gasteiger partial charge in [-0.3, -0.25) is 0 Å². The van der Waals surface area contributed by atoms with Crippen molar-refractivity contribution in [2.45, 2.75) is 46.5 Å². The lowest BCUT2D eigenvalue weighted by Gasteiger charge is -2.33. The van der Waals surface area contributed by atoms with E-state index < -0.39 is 0 Å². The molecule has 4 aromatic rings. The second-order valence-electron chi connectivity index (χ2n) is 10.6. The summed E-state index contributed by atoms with van der Waals surface area (Å²) in [6.45, 7) is 11.8. The van der Waals surface area contributed by atoms with Crippen LogP contribution in [0.25, 0.3) is 32.7 Å². The summed E-state index contributed by atoms with van der Waals surface area (Å²) in [5, 5.41) is 4.94. The van der Waals surface area contributed by atoms with E-state index in [1.807, 2.05) is 0 Å². The molecule has 166 valence electrons. The second kappa shape index (κ2) is 8.60. The van der Waals surface area contributed by atoms with E-state index >= 15 is 0 Å². The van der Waals surface area contributed by atoms with Crippen LogP contribution in [0.4, 0.5) is 0 Å². The van der Waals surface area contributed by atoms with Gasteiger partial charge in [0.15, 0.2) is 6.79 Å². The lowest BCUT2D eigenvalue weighted by Crippen LogP contribution is -2.24. The van der Waals surface area contributed by atoms with Crippen LogP contribution >= 0.6 is 0 Å². The number of fused-ring (bicyclic) bond motifs is 2. The van der Waals surface area contributed by atoms with Gasteiger partial charge < -0.3 is 9.47 Å². The Morgan fingerprint density at radius 1 is 0.719 bits per heavy atom. The summed E-state index contributed by atoms with van der Waals surface area (Å²) in [4.78, 5) is 0. The average molecular weight is 427 g/mol. The summed E-state index contributed by atoms with van der Waals surface area (Å²) in [7, 11) is 1.66. The topological polar surface area (TPSA) is 18.5 Å². The summed E-state index contributed by atoms with van der Waals surface area (Å²) in [5.74, 6) is 0.851. The summed E-state index contributed by atoms with van der Waals surface area (Å²) < 4.78 is 11.3. The van der Waals surface area contributed by atoms with Crippen LogP contribution in [0, 0.1) is 5.41 Å². The Morgan fingerprint density at radius 3 is 1.88 bits per heavy atom. The summed E-state index contributed by atoms with van der Waals surface area (Å²) in [6, 6.07) is 26.2. The molecule has 0 fully saturated rings. The second-order valence-corrected chi connectivity index (χ2v) is 10.6. The molecule has 2 nitrogen and oxygen atoms in total. The van der Waals surface area contributed by atoms with Gasteiger partial charge in [-0.1, -0.05) is 89.2 Å².